The number of anilines is 1. The molecule has 0 spiro atoms. The summed E-state index contributed by atoms with van der Waals surface area (Å²) in [6, 6.07) is 12.2. The predicted molar refractivity (Wildman–Crippen MR) is 88.9 cm³/mol. The minimum absolute atomic E-state index is 0.0281. The number of nitrogens with zero attached hydrogens (tertiary/aromatic N) is 1. The van der Waals surface area contributed by atoms with Crippen LogP contribution in [0.25, 0.3) is 0 Å². The summed E-state index contributed by atoms with van der Waals surface area (Å²) >= 11 is 9.52. The molecule has 0 aliphatic heterocycles. The van der Waals surface area contributed by atoms with Crippen molar-refractivity contribution in [1.82, 2.24) is 0 Å². The number of benzene rings is 2. The lowest BCUT2D eigenvalue weighted by Gasteiger charge is -2.20. The van der Waals surface area contributed by atoms with Gasteiger partial charge in [-0.1, -0.05) is 36.7 Å². The Bertz CT molecular complexity index is 664. The highest BCUT2D eigenvalue weighted by atomic mass is 79.9. The zero-order chi connectivity index (χ0) is 15.4. The molecule has 0 radical (unpaired) electrons. The van der Waals surface area contributed by atoms with E-state index in [1.54, 1.807) is 18.2 Å². The summed E-state index contributed by atoms with van der Waals surface area (Å²) in [7, 11) is 0. The van der Waals surface area contributed by atoms with Crippen LogP contribution < -0.4 is 5.32 Å². The first-order chi connectivity index (χ1) is 10.0. The maximum atomic E-state index is 10.9. The van der Waals surface area contributed by atoms with Crippen LogP contribution in [0.3, 0.4) is 0 Å². The molecule has 0 bridgehead atoms. The largest absolute Gasteiger partial charge is 0.377 e. The number of rotatable bonds is 5. The third-order valence-corrected chi connectivity index (χ3v) is 4.57. The Morgan fingerprint density at radius 2 is 2.05 bits per heavy atom. The van der Waals surface area contributed by atoms with E-state index in [1.807, 2.05) is 25.1 Å². The molecule has 110 valence electrons. The van der Waals surface area contributed by atoms with Crippen molar-refractivity contribution in [3.63, 3.8) is 0 Å². The number of hydrogen-bond acceptors (Lipinski definition) is 3. The van der Waals surface area contributed by atoms with Crippen LogP contribution in [-0.2, 0) is 0 Å². The summed E-state index contributed by atoms with van der Waals surface area (Å²) in [5, 5.41) is 14.9. The van der Waals surface area contributed by atoms with Crippen LogP contribution in [0.5, 0.6) is 0 Å². The standard InChI is InChI=1S/C15H14BrClN2O2/c1-2-13(10-5-3-6-11(9-10)19(20)21)18-14-8-4-7-12(17)15(14)16/h3-9,13,18H,2H2,1H3. The smallest absolute Gasteiger partial charge is 0.269 e. The molecule has 0 saturated carbocycles. The summed E-state index contributed by atoms with van der Waals surface area (Å²) in [5.41, 5.74) is 1.83. The van der Waals surface area contributed by atoms with Gasteiger partial charge in [0.05, 0.1) is 26.1 Å². The molecule has 0 amide bonds. The molecular weight excluding hydrogens is 356 g/mol. The van der Waals surface area contributed by atoms with Crippen LogP contribution in [0.1, 0.15) is 24.9 Å². The summed E-state index contributed by atoms with van der Waals surface area (Å²) in [5.74, 6) is 0. The van der Waals surface area contributed by atoms with Gasteiger partial charge in [-0.25, -0.2) is 0 Å². The minimum atomic E-state index is -0.383. The lowest BCUT2D eigenvalue weighted by molar-refractivity contribution is -0.384. The van der Waals surface area contributed by atoms with Crippen molar-refractivity contribution in [3.05, 3.63) is 67.6 Å². The van der Waals surface area contributed by atoms with Crippen molar-refractivity contribution in [2.24, 2.45) is 0 Å². The van der Waals surface area contributed by atoms with E-state index in [0.717, 1.165) is 22.1 Å². The lowest BCUT2D eigenvalue weighted by Crippen LogP contribution is -2.10. The Morgan fingerprint density at radius 3 is 2.71 bits per heavy atom. The van der Waals surface area contributed by atoms with E-state index in [0.29, 0.717) is 5.02 Å². The molecule has 2 rings (SSSR count). The number of halogens is 2. The summed E-state index contributed by atoms with van der Waals surface area (Å²) < 4.78 is 0.788. The molecular formula is C15H14BrClN2O2. The summed E-state index contributed by atoms with van der Waals surface area (Å²) in [6.45, 7) is 2.02. The van der Waals surface area contributed by atoms with Crippen LogP contribution in [0.4, 0.5) is 11.4 Å². The van der Waals surface area contributed by atoms with Gasteiger partial charge >= 0.3 is 0 Å². The predicted octanol–water partition coefficient (Wildman–Crippen LogP) is 5.57. The first-order valence-corrected chi connectivity index (χ1v) is 7.65. The van der Waals surface area contributed by atoms with Crippen molar-refractivity contribution in [2.75, 3.05) is 5.32 Å². The highest BCUT2D eigenvalue weighted by Gasteiger charge is 2.15. The Labute approximate surface area is 136 Å². The van der Waals surface area contributed by atoms with Gasteiger partial charge in [0.15, 0.2) is 0 Å². The molecule has 0 fully saturated rings. The van der Waals surface area contributed by atoms with Crippen molar-refractivity contribution in [3.8, 4) is 0 Å². The maximum absolute atomic E-state index is 10.9. The van der Waals surface area contributed by atoms with E-state index in [1.165, 1.54) is 6.07 Å². The molecule has 0 saturated heterocycles. The van der Waals surface area contributed by atoms with Crippen LogP contribution in [0.15, 0.2) is 46.9 Å². The van der Waals surface area contributed by atoms with Gasteiger partial charge in [-0.15, -0.1) is 0 Å². The quantitative estimate of drug-likeness (QED) is 0.553. The van der Waals surface area contributed by atoms with Crippen LogP contribution in [-0.4, -0.2) is 4.92 Å². The molecule has 2 aromatic rings. The second-order valence-corrected chi connectivity index (χ2v) is 5.76. The number of nitro groups is 1. The van der Waals surface area contributed by atoms with E-state index >= 15 is 0 Å². The summed E-state index contributed by atoms with van der Waals surface area (Å²) in [6.07, 6.45) is 0.792. The highest BCUT2D eigenvalue weighted by molar-refractivity contribution is 9.10. The van der Waals surface area contributed by atoms with E-state index < -0.39 is 0 Å². The van der Waals surface area contributed by atoms with Crippen molar-refractivity contribution >= 4 is 38.9 Å². The average molecular weight is 370 g/mol. The fourth-order valence-corrected chi connectivity index (χ4v) is 2.63. The first kappa shape index (κ1) is 15.8. The SMILES string of the molecule is CCC(Nc1cccc(Cl)c1Br)c1cccc([N+](=O)[O-])c1. The fraction of sp³-hybridized carbons (Fsp3) is 0.200. The topological polar surface area (TPSA) is 55.2 Å². The van der Waals surface area contributed by atoms with Crippen molar-refractivity contribution in [2.45, 2.75) is 19.4 Å². The van der Waals surface area contributed by atoms with Gasteiger partial charge in [-0.3, -0.25) is 10.1 Å². The van der Waals surface area contributed by atoms with E-state index in [2.05, 4.69) is 21.2 Å². The molecule has 0 aliphatic carbocycles. The molecule has 0 heterocycles. The van der Waals surface area contributed by atoms with Gasteiger partial charge in [0, 0.05) is 12.1 Å². The molecule has 0 aliphatic rings. The zero-order valence-electron chi connectivity index (χ0n) is 11.3. The lowest BCUT2D eigenvalue weighted by atomic mass is 10.0. The van der Waals surface area contributed by atoms with Gasteiger partial charge < -0.3 is 5.32 Å². The first-order valence-electron chi connectivity index (χ1n) is 6.47. The molecule has 0 aromatic heterocycles. The van der Waals surface area contributed by atoms with E-state index in [-0.39, 0.29) is 16.7 Å². The number of nitro benzene ring substituents is 1. The van der Waals surface area contributed by atoms with E-state index in [4.69, 9.17) is 11.6 Å². The monoisotopic (exact) mass is 368 g/mol. The zero-order valence-corrected chi connectivity index (χ0v) is 13.7. The molecule has 4 nitrogen and oxygen atoms in total. The summed E-state index contributed by atoms with van der Waals surface area (Å²) in [4.78, 5) is 10.5. The Balaban J connectivity index is 2.30. The van der Waals surface area contributed by atoms with Crippen LogP contribution >= 0.6 is 27.5 Å². The normalized spacial score (nSPS) is 12.0. The number of non-ortho nitro benzene ring substituents is 1. The van der Waals surface area contributed by atoms with Gasteiger partial charge in [0.25, 0.3) is 5.69 Å². The number of hydrogen-bond donors (Lipinski definition) is 1. The molecule has 1 unspecified atom stereocenters. The number of nitrogens with one attached hydrogen (secondary N) is 1. The van der Waals surface area contributed by atoms with Crippen LogP contribution in [0.2, 0.25) is 5.02 Å². The van der Waals surface area contributed by atoms with Crippen LogP contribution in [0, 0.1) is 10.1 Å². The maximum Gasteiger partial charge on any atom is 0.269 e. The second kappa shape index (κ2) is 6.91. The van der Waals surface area contributed by atoms with Gasteiger partial charge in [-0.05, 0) is 40.0 Å². The molecule has 6 heteroatoms. The van der Waals surface area contributed by atoms with E-state index in [9.17, 15) is 10.1 Å². The van der Waals surface area contributed by atoms with Gasteiger partial charge in [0.2, 0.25) is 0 Å². The van der Waals surface area contributed by atoms with Gasteiger partial charge in [0.1, 0.15) is 0 Å². The third kappa shape index (κ3) is 3.74. The minimum Gasteiger partial charge on any atom is -0.377 e. The molecule has 2 aromatic carbocycles. The molecule has 21 heavy (non-hydrogen) atoms. The molecule has 1 N–H and O–H groups in total. The average Bonchev–Trinajstić information content (AvgIpc) is 2.49. The molecule has 1 atom stereocenters. The Kier molecular flexibility index (Phi) is 5.20. The van der Waals surface area contributed by atoms with Crippen molar-refractivity contribution in [1.29, 1.82) is 0 Å². The second-order valence-electron chi connectivity index (χ2n) is 4.56. The Morgan fingerprint density at radius 1 is 1.33 bits per heavy atom. The third-order valence-electron chi connectivity index (χ3n) is 3.17. The van der Waals surface area contributed by atoms with Crippen molar-refractivity contribution < 1.29 is 4.92 Å². The van der Waals surface area contributed by atoms with Gasteiger partial charge in [-0.2, -0.15) is 0 Å². The highest BCUT2D eigenvalue weighted by Crippen LogP contribution is 2.33. The fourth-order valence-electron chi connectivity index (χ4n) is 2.08. The Hall–Kier alpha value is -1.59.